The van der Waals surface area contributed by atoms with Crippen molar-refractivity contribution in [2.24, 2.45) is 0 Å². The van der Waals surface area contributed by atoms with Gasteiger partial charge in [-0.2, -0.15) is 0 Å². The van der Waals surface area contributed by atoms with Crippen LogP contribution in [0.2, 0.25) is 0 Å². The van der Waals surface area contributed by atoms with Crippen LogP contribution < -0.4 is 0 Å². The van der Waals surface area contributed by atoms with Crippen molar-refractivity contribution in [2.45, 2.75) is 19.8 Å². The summed E-state index contributed by atoms with van der Waals surface area (Å²) in [5.74, 6) is -0.268. The zero-order chi connectivity index (χ0) is 11.3. The van der Waals surface area contributed by atoms with Crippen LogP contribution in [0.25, 0.3) is 0 Å². The Bertz CT molecular complexity index is 369. The van der Waals surface area contributed by atoms with Crippen molar-refractivity contribution in [1.82, 2.24) is 0 Å². The molecule has 0 amide bonds. The topological polar surface area (TPSA) is 43.4 Å². The molecule has 15 heavy (non-hydrogen) atoms. The molecule has 0 aliphatic carbocycles. The Kier molecular flexibility index (Phi) is 4.03. The van der Waals surface area contributed by atoms with Crippen LogP contribution >= 0.6 is 0 Å². The van der Waals surface area contributed by atoms with Crippen LogP contribution in [0.3, 0.4) is 0 Å². The number of rotatable bonds is 4. The number of hydrogen-bond donors (Lipinski definition) is 0. The SMILES string of the molecule is CCc1cc(CC(=O)OC)ccc1C=O. The zero-order valence-electron chi connectivity index (χ0n) is 8.95. The normalized spacial score (nSPS) is 9.73. The molecule has 0 bridgehead atoms. The van der Waals surface area contributed by atoms with Crippen molar-refractivity contribution < 1.29 is 14.3 Å². The van der Waals surface area contributed by atoms with Crippen molar-refractivity contribution in [1.29, 1.82) is 0 Å². The zero-order valence-corrected chi connectivity index (χ0v) is 8.95. The molecular weight excluding hydrogens is 192 g/mol. The van der Waals surface area contributed by atoms with Gasteiger partial charge >= 0.3 is 5.97 Å². The van der Waals surface area contributed by atoms with Crippen LogP contribution in [0.1, 0.15) is 28.4 Å². The molecule has 0 N–H and O–H groups in total. The van der Waals surface area contributed by atoms with E-state index in [0.717, 1.165) is 23.8 Å². The maximum atomic E-state index is 11.0. The summed E-state index contributed by atoms with van der Waals surface area (Å²) in [7, 11) is 1.36. The van der Waals surface area contributed by atoms with Crippen molar-refractivity contribution in [3.63, 3.8) is 0 Å². The van der Waals surface area contributed by atoms with Gasteiger partial charge in [-0.25, -0.2) is 0 Å². The Hall–Kier alpha value is -1.64. The summed E-state index contributed by atoms with van der Waals surface area (Å²) in [4.78, 5) is 21.7. The number of esters is 1. The van der Waals surface area contributed by atoms with E-state index in [-0.39, 0.29) is 12.4 Å². The van der Waals surface area contributed by atoms with E-state index in [1.165, 1.54) is 7.11 Å². The summed E-state index contributed by atoms with van der Waals surface area (Å²) in [5.41, 5.74) is 2.53. The van der Waals surface area contributed by atoms with Gasteiger partial charge in [0.1, 0.15) is 6.29 Å². The summed E-state index contributed by atoms with van der Waals surface area (Å²) in [5, 5.41) is 0. The van der Waals surface area contributed by atoms with E-state index in [1.807, 2.05) is 13.0 Å². The van der Waals surface area contributed by atoms with Gasteiger partial charge in [0.25, 0.3) is 0 Å². The molecule has 80 valence electrons. The molecular formula is C12H14O3. The van der Waals surface area contributed by atoms with Gasteiger partial charge in [-0.1, -0.05) is 25.1 Å². The Balaban J connectivity index is 2.92. The van der Waals surface area contributed by atoms with E-state index in [1.54, 1.807) is 12.1 Å². The standard InChI is InChI=1S/C12H14O3/c1-3-10-6-9(7-12(14)15-2)4-5-11(10)8-13/h4-6,8H,3,7H2,1-2H3. The van der Waals surface area contributed by atoms with Gasteiger partial charge in [0.2, 0.25) is 0 Å². The number of methoxy groups -OCH3 is 1. The molecule has 0 spiro atoms. The number of carbonyl (C=O) groups is 2. The lowest BCUT2D eigenvalue weighted by molar-refractivity contribution is -0.139. The van der Waals surface area contributed by atoms with Crippen LogP contribution in [0, 0.1) is 0 Å². The maximum Gasteiger partial charge on any atom is 0.309 e. The maximum absolute atomic E-state index is 11.0. The quantitative estimate of drug-likeness (QED) is 0.557. The first kappa shape index (κ1) is 11.4. The minimum absolute atomic E-state index is 0.253. The summed E-state index contributed by atoms with van der Waals surface area (Å²) in [6, 6.07) is 5.39. The molecule has 0 saturated heterocycles. The highest BCUT2D eigenvalue weighted by molar-refractivity contribution is 5.78. The average molecular weight is 206 g/mol. The van der Waals surface area contributed by atoms with E-state index in [2.05, 4.69) is 4.74 Å². The molecule has 1 aromatic rings. The molecule has 0 unspecified atom stereocenters. The van der Waals surface area contributed by atoms with Crippen LogP contribution in [-0.2, 0) is 22.4 Å². The fourth-order valence-corrected chi connectivity index (χ4v) is 1.43. The smallest absolute Gasteiger partial charge is 0.309 e. The average Bonchev–Trinajstić information content (AvgIpc) is 2.28. The number of carbonyl (C=O) groups excluding carboxylic acids is 2. The first-order valence-corrected chi connectivity index (χ1v) is 4.85. The van der Waals surface area contributed by atoms with E-state index >= 15 is 0 Å². The van der Waals surface area contributed by atoms with Crippen molar-refractivity contribution in [3.05, 3.63) is 34.9 Å². The third kappa shape index (κ3) is 2.91. The molecule has 1 rings (SSSR count). The first-order chi connectivity index (χ1) is 7.21. The monoisotopic (exact) mass is 206 g/mol. The molecule has 0 aliphatic heterocycles. The number of aldehydes is 1. The number of ether oxygens (including phenoxy) is 1. The van der Waals surface area contributed by atoms with E-state index in [0.29, 0.717) is 5.56 Å². The highest BCUT2D eigenvalue weighted by Gasteiger charge is 2.05. The van der Waals surface area contributed by atoms with E-state index in [9.17, 15) is 9.59 Å². The highest BCUT2D eigenvalue weighted by Crippen LogP contribution is 2.12. The third-order valence-electron chi connectivity index (χ3n) is 2.29. The number of benzene rings is 1. The Morgan fingerprint density at radius 1 is 1.47 bits per heavy atom. The van der Waals surface area contributed by atoms with E-state index < -0.39 is 0 Å². The molecule has 0 atom stereocenters. The molecule has 3 nitrogen and oxygen atoms in total. The lowest BCUT2D eigenvalue weighted by atomic mass is 10.0. The predicted molar refractivity (Wildman–Crippen MR) is 56.9 cm³/mol. The second kappa shape index (κ2) is 5.29. The third-order valence-corrected chi connectivity index (χ3v) is 2.29. The molecule has 0 aliphatic rings. The van der Waals surface area contributed by atoms with Gasteiger partial charge in [-0.05, 0) is 17.5 Å². The molecule has 0 aromatic heterocycles. The largest absolute Gasteiger partial charge is 0.469 e. The van der Waals surface area contributed by atoms with Crippen LogP contribution in [0.15, 0.2) is 18.2 Å². The Morgan fingerprint density at radius 3 is 2.73 bits per heavy atom. The van der Waals surface area contributed by atoms with Crippen LogP contribution in [-0.4, -0.2) is 19.4 Å². The summed E-state index contributed by atoms with van der Waals surface area (Å²) < 4.78 is 4.58. The van der Waals surface area contributed by atoms with Gasteiger partial charge in [-0.15, -0.1) is 0 Å². The van der Waals surface area contributed by atoms with Crippen LogP contribution in [0.5, 0.6) is 0 Å². The molecule has 0 fully saturated rings. The van der Waals surface area contributed by atoms with E-state index in [4.69, 9.17) is 0 Å². The summed E-state index contributed by atoms with van der Waals surface area (Å²) in [6.07, 6.45) is 1.87. The fraction of sp³-hybridized carbons (Fsp3) is 0.333. The minimum atomic E-state index is -0.268. The lowest BCUT2D eigenvalue weighted by Crippen LogP contribution is -2.05. The number of aryl methyl sites for hydroxylation is 1. The second-order valence-corrected chi connectivity index (χ2v) is 3.26. The number of hydrogen-bond acceptors (Lipinski definition) is 3. The van der Waals surface area contributed by atoms with Crippen molar-refractivity contribution in [3.8, 4) is 0 Å². The molecule has 0 heterocycles. The first-order valence-electron chi connectivity index (χ1n) is 4.85. The molecule has 0 saturated carbocycles. The van der Waals surface area contributed by atoms with Crippen molar-refractivity contribution >= 4 is 12.3 Å². The molecule has 3 heteroatoms. The predicted octanol–water partition coefficient (Wildman–Crippen LogP) is 1.78. The van der Waals surface area contributed by atoms with Gasteiger partial charge in [0.05, 0.1) is 13.5 Å². The minimum Gasteiger partial charge on any atom is -0.469 e. The summed E-state index contributed by atoms with van der Waals surface area (Å²) in [6.45, 7) is 1.98. The summed E-state index contributed by atoms with van der Waals surface area (Å²) >= 11 is 0. The van der Waals surface area contributed by atoms with Gasteiger partial charge in [0.15, 0.2) is 0 Å². The van der Waals surface area contributed by atoms with Gasteiger partial charge < -0.3 is 4.74 Å². The molecule has 1 aromatic carbocycles. The lowest BCUT2D eigenvalue weighted by Gasteiger charge is -2.05. The fourth-order valence-electron chi connectivity index (χ4n) is 1.43. The second-order valence-electron chi connectivity index (χ2n) is 3.26. The highest BCUT2D eigenvalue weighted by atomic mass is 16.5. The molecule has 0 radical (unpaired) electrons. The Labute approximate surface area is 89.1 Å². The van der Waals surface area contributed by atoms with Gasteiger partial charge in [-0.3, -0.25) is 9.59 Å². The van der Waals surface area contributed by atoms with Gasteiger partial charge in [0, 0.05) is 5.56 Å². The van der Waals surface area contributed by atoms with Crippen molar-refractivity contribution in [2.75, 3.05) is 7.11 Å². The Morgan fingerprint density at radius 2 is 2.20 bits per heavy atom. The van der Waals surface area contributed by atoms with Crippen LogP contribution in [0.4, 0.5) is 0 Å².